The largest absolute Gasteiger partial charge is 0.371 e. The van der Waals surface area contributed by atoms with Gasteiger partial charge in [0.25, 0.3) is 0 Å². The normalized spacial score (nSPS) is 16.7. The molecule has 0 aliphatic carbocycles. The molecule has 3 aromatic rings. The molecule has 8 heteroatoms. The summed E-state index contributed by atoms with van der Waals surface area (Å²) >= 11 is 14.0. The summed E-state index contributed by atoms with van der Waals surface area (Å²) in [5.41, 5.74) is 3.93. The molecule has 1 fully saturated rings. The van der Waals surface area contributed by atoms with Crippen LogP contribution in [0.15, 0.2) is 36.5 Å². The molecule has 158 valence electrons. The van der Waals surface area contributed by atoms with Gasteiger partial charge in [-0.3, -0.25) is 4.98 Å². The summed E-state index contributed by atoms with van der Waals surface area (Å²) in [6, 6.07) is 9.66. The van der Waals surface area contributed by atoms with Gasteiger partial charge in [-0.1, -0.05) is 42.3 Å². The molecule has 1 saturated heterocycles. The molecule has 1 N–H and O–H groups in total. The van der Waals surface area contributed by atoms with E-state index >= 15 is 0 Å². The van der Waals surface area contributed by atoms with Crippen molar-refractivity contribution in [1.29, 1.82) is 0 Å². The van der Waals surface area contributed by atoms with Gasteiger partial charge in [0.05, 0.1) is 40.4 Å². The van der Waals surface area contributed by atoms with Crippen molar-refractivity contribution in [2.75, 3.05) is 19.7 Å². The van der Waals surface area contributed by atoms with Crippen molar-refractivity contribution >= 4 is 34.5 Å². The van der Waals surface area contributed by atoms with Gasteiger partial charge in [-0.05, 0) is 30.2 Å². The van der Waals surface area contributed by atoms with E-state index in [1.54, 1.807) is 17.4 Å². The van der Waals surface area contributed by atoms with Gasteiger partial charge < -0.3 is 14.8 Å². The molecule has 4 rings (SSSR count). The zero-order valence-electron chi connectivity index (χ0n) is 16.7. The molecule has 5 nitrogen and oxygen atoms in total. The predicted molar refractivity (Wildman–Crippen MR) is 121 cm³/mol. The number of pyridine rings is 1. The lowest BCUT2D eigenvalue weighted by Crippen LogP contribution is -2.33. The highest BCUT2D eigenvalue weighted by molar-refractivity contribution is 7.15. The Balaban J connectivity index is 1.56. The molecule has 1 aromatic carbocycles. The SMILES string of the molecule is CCc1cc(-c2nc(C3CNCCO3)c(COCc3cccc(Cl)c3Cl)s2)ccn1. The first-order valence-corrected chi connectivity index (χ1v) is 11.5. The lowest BCUT2D eigenvalue weighted by atomic mass is 10.2. The second-order valence-electron chi connectivity index (χ2n) is 6.99. The Morgan fingerprint density at radius 2 is 2.17 bits per heavy atom. The summed E-state index contributed by atoms with van der Waals surface area (Å²) < 4.78 is 12.0. The zero-order valence-corrected chi connectivity index (χ0v) is 19.0. The van der Waals surface area contributed by atoms with Crippen LogP contribution in [0.5, 0.6) is 0 Å². The Morgan fingerprint density at radius 1 is 1.27 bits per heavy atom. The maximum Gasteiger partial charge on any atom is 0.124 e. The fourth-order valence-corrected chi connectivity index (χ4v) is 4.72. The van der Waals surface area contributed by atoms with Crippen LogP contribution in [0.2, 0.25) is 10.0 Å². The van der Waals surface area contributed by atoms with Crippen molar-refractivity contribution in [2.24, 2.45) is 0 Å². The van der Waals surface area contributed by atoms with Crippen molar-refractivity contribution in [3.05, 3.63) is 68.4 Å². The molecule has 3 heterocycles. The fourth-order valence-electron chi connectivity index (χ4n) is 3.30. The van der Waals surface area contributed by atoms with Crippen molar-refractivity contribution in [3.63, 3.8) is 0 Å². The van der Waals surface area contributed by atoms with Gasteiger partial charge in [-0.25, -0.2) is 4.98 Å². The molecule has 0 amide bonds. The molecule has 0 bridgehead atoms. The first-order valence-electron chi connectivity index (χ1n) is 9.93. The van der Waals surface area contributed by atoms with Crippen molar-refractivity contribution in [2.45, 2.75) is 32.7 Å². The smallest absolute Gasteiger partial charge is 0.124 e. The van der Waals surface area contributed by atoms with Gasteiger partial charge in [-0.15, -0.1) is 11.3 Å². The summed E-state index contributed by atoms with van der Waals surface area (Å²) in [5.74, 6) is 0. The summed E-state index contributed by atoms with van der Waals surface area (Å²) in [7, 11) is 0. The number of aryl methyl sites for hydroxylation is 1. The van der Waals surface area contributed by atoms with Gasteiger partial charge in [0, 0.05) is 30.5 Å². The van der Waals surface area contributed by atoms with Gasteiger partial charge in [-0.2, -0.15) is 0 Å². The minimum absolute atomic E-state index is 0.0791. The molecule has 0 spiro atoms. The number of hydrogen-bond donors (Lipinski definition) is 1. The Bertz CT molecular complexity index is 1010. The fraction of sp³-hybridized carbons (Fsp3) is 0.364. The number of hydrogen-bond acceptors (Lipinski definition) is 6. The average Bonchev–Trinajstić information content (AvgIpc) is 3.21. The standard InChI is InChI=1S/C22H23Cl2N3O2S/c1-2-16-10-14(6-7-26-16)22-27-21(18-11-25-8-9-29-18)19(30-22)13-28-12-15-4-3-5-17(23)20(15)24/h3-7,10,18,25H,2,8-9,11-13H2,1H3. The topological polar surface area (TPSA) is 56.3 Å². The second kappa shape index (κ2) is 10.2. The van der Waals surface area contributed by atoms with Crippen molar-refractivity contribution in [3.8, 4) is 10.6 Å². The molecule has 1 atom stereocenters. The molecule has 0 radical (unpaired) electrons. The molecular formula is C22H23Cl2N3O2S. The van der Waals surface area contributed by atoms with E-state index in [4.69, 9.17) is 37.7 Å². The first-order chi connectivity index (χ1) is 14.7. The highest BCUT2D eigenvalue weighted by Crippen LogP contribution is 2.34. The van der Waals surface area contributed by atoms with E-state index in [-0.39, 0.29) is 6.10 Å². The molecule has 1 aliphatic heterocycles. The Kier molecular flexibility index (Phi) is 7.36. The number of benzene rings is 1. The van der Waals surface area contributed by atoms with E-state index < -0.39 is 0 Å². The maximum absolute atomic E-state index is 6.28. The highest BCUT2D eigenvalue weighted by atomic mass is 35.5. The number of nitrogens with zero attached hydrogens (tertiary/aromatic N) is 2. The maximum atomic E-state index is 6.28. The van der Waals surface area contributed by atoms with Crippen LogP contribution >= 0.6 is 34.5 Å². The summed E-state index contributed by atoms with van der Waals surface area (Å²) in [6.07, 6.45) is 2.65. The summed E-state index contributed by atoms with van der Waals surface area (Å²) in [5, 5.41) is 5.40. The predicted octanol–water partition coefficient (Wildman–Crippen LogP) is 5.45. The number of aromatic nitrogens is 2. The van der Waals surface area contributed by atoms with E-state index in [0.717, 1.165) is 51.9 Å². The minimum atomic E-state index is -0.0791. The molecule has 2 aromatic heterocycles. The zero-order chi connectivity index (χ0) is 20.9. The molecular weight excluding hydrogens is 441 g/mol. The summed E-state index contributed by atoms with van der Waals surface area (Å²) in [4.78, 5) is 10.4. The Hall–Kier alpha value is -1.54. The van der Waals surface area contributed by atoms with E-state index in [9.17, 15) is 0 Å². The van der Waals surface area contributed by atoms with Crippen molar-refractivity contribution < 1.29 is 9.47 Å². The number of nitrogens with one attached hydrogen (secondary N) is 1. The molecule has 1 unspecified atom stereocenters. The third-order valence-corrected chi connectivity index (χ3v) is 6.86. The number of halogens is 2. The summed E-state index contributed by atoms with van der Waals surface area (Å²) in [6.45, 7) is 5.18. The number of rotatable bonds is 7. The Morgan fingerprint density at radius 3 is 2.97 bits per heavy atom. The molecule has 0 saturated carbocycles. The first kappa shape index (κ1) is 21.7. The lowest BCUT2D eigenvalue weighted by molar-refractivity contribution is 0.0230. The lowest BCUT2D eigenvalue weighted by Gasteiger charge is -2.23. The van der Waals surface area contributed by atoms with E-state index in [1.165, 1.54) is 0 Å². The van der Waals surface area contributed by atoms with Crippen LogP contribution < -0.4 is 5.32 Å². The number of morpholine rings is 1. The van der Waals surface area contributed by atoms with Crippen LogP contribution in [0, 0.1) is 0 Å². The van der Waals surface area contributed by atoms with Crippen molar-refractivity contribution in [1.82, 2.24) is 15.3 Å². The van der Waals surface area contributed by atoms with Crippen LogP contribution in [-0.2, 0) is 29.1 Å². The van der Waals surface area contributed by atoms with Crippen LogP contribution in [-0.4, -0.2) is 29.7 Å². The molecule has 1 aliphatic rings. The van der Waals surface area contributed by atoms with Crippen LogP contribution in [0.1, 0.15) is 34.9 Å². The third-order valence-electron chi connectivity index (χ3n) is 4.91. The van der Waals surface area contributed by atoms with E-state index in [2.05, 4.69) is 23.3 Å². The van der Waals surface area contributed by atoms with Gasteiger partial charge in [0.2, 0.25) is 0 Å². The van der Waals surface area contributed by atoms with Gasteiger partial charge >= 0.3 is 0 Å². The number of thiazole rings is 1. The second-order valence-corrected chi connectivity index (χ2v) is 8.85. The highest BCUT2D eigenvalue weighted by Gasteiger charge is 2.24. The van der Waals surface area contributed by atoms with Crippen LogP contribution in [0.3, 0.4) is 0 Å². The van der Waals surface area contributed by atoms with E-state index in [0.29, 0.717) is 29.9 Å². The minimum Gasteiger partial charge on any atom is -0.371 e. The third kappa shape index (κ3) is 5.02. The van der Waals surface area contributed by atoms with Gasteiger partial charge in [0.15, 0.2) is 0 Å². The molecule has 30 heavy (non-hydrogen) atoms. The Labute approximate surface area is 190 Å². The van der Waals surface area contributed by atoms with Crippen LogP contribution in [0.4, 0.5) is 0 Å². The van der Waals surface area contributed by atoms with Gasteiger partial charge in [0.1, 0.15) is 11.1 Å². The number of ether oxygens (including phenoxy) is 2. The van der Waals surface area contributed by atoms with E-state index in [1.807, 2.05) is 24.4 Å². The monoisotopic (exact) mass is 463 g/mol. The quantitative estimate of drug-likeness (QED) is 0.504. The average molecular weight is 464 g/mol. The van der Waals surface area contributed by atoms with Crippen LogP contribution in [0.25, 0.3) is 10.6 Å².